The molecule has 0 fully saturated rings. The Hall–Kier alpha value is -1.13. The van der Waals surface area contributed by atoms with E-state index in [0.717, 1.165) is 22.4 Å². The number of nitrogens with one attached hydrogen (secondary N) is 1. The summed E-state index contributed by atoms with van der Waals surface area (Å²) in [7, 11) is 0. The highest BCUT2D eigenvalue weighted by atomic mass is 79.9. The molecule has 0 aliphatic carbocycles. The van der Waals surface area contributed by atoms with E-state index in [9.17, 15) is 0 Å². The Balaban J connectivity index is 2.16. The Bertz CT molecular complexity index is 532. The molecule has 1 aromatic carbocycles. The van der Waals surface area contributed by atoms with Crippen molar-refractivity contribution < 1.29 is 0 Å². The number of imidazole rings is 1. The highest BCUT2D eigenvalue weighted by Gasteiger charge is 2.03. The minimum Gasteiger partial charge on any atom is -0.309 e. The molecule has 0 aliphatic rings. The molecule has 3 nitrogen and oxygen atoms in total. The summed E-state index contributed by atoms with van der Waals surface area (Å²) in [6.07, 6.45) is 3.93. The molecule has 0 amide bonds. The molecule has 0 saturated heterocycles. The Morgan fingerprint density at radius 1 is 1.39 bits per heavy atom. The average molecular weight is 308 g/mol. The number of nitrogens with zero attached hydrogens (tertiary/aromatic N) is 2. The van der Waals surface area contributed by atoms with Gasteiger partial charge in [-0.2, -0.15) is 0 Å². The number of aromatic nitrogens is 2. The molecule has 1 heterocycles. The van der Waals surface area contributed by atoms with Crippen LogP contribution >= 0.6 is 15.9 Å². The molecule has 0 unspecified atom stereocenters. The van der Waals surface area contributed by atoms with Gasteiger partial charge in [-0.15, -0.1) is 0 Å². The van der Waals surface area contributed by atoms with Gasteiger partial charge in [0.25, 0.3) is 0 Å². The van der Waals surface area contributed by atoms with Crippen LogP contribution in [0.3, 0.4) is 0 Å². The van der Waals surface area contributed by atoms with Gasteiger partial charge in [-0.25, -0.2) is 4.98 Å². The van der Waals surface area contributed by atoms with Crippen LogP contribution in [0.15, 0.2) is 35.2 Å². The van der Waals surface area contributed by atoms with E-state index in [2.05, 4.69) is 76.0 Å². The summed E-state index contributed by atoms with van der Waals surface area (Å²) >= 11 is 3.51. The van der Waals surface area contributed by atoms with Gasteiger partial charge in [0.15, 0.2) is 0 Å². The molecule has 4 heteroatoms. The molecule has 0 saturated carbocycles. The first-order valence-corrected chi connectivity index (χ1v) is 6.88. The van der Waals surface area contributed by atoms with Crippen LogP contribution in [0.2, 0.25) is 0 Å². The van der Waals surface area contributed by atoms with Crippen molar-refractivity contribution in [2.45, 2.75) is 33.4 Å². The predicted molar refractivity (Wildman–Crippen MR) is 78.0 cm³/mol. The normalized spacial score (nSPS) is 11.2. The lowest BCUT2D eigenvalue weighted by Crippen LogP contribution is -2.21. The van der Waals surface area contributed by atoms with Crippen molar-refractivity contribution in [3.8, 4) is 5.69 Å². The van der Waals surface area contributed by atoms with E-state index in [-0.39, 0.29) is 0 Å². The van der Waals surface area contributed by atoms with Gasteiger partial charge >= 0.3 is 0 Å². The molecular formula is C14H18BrN3. The minimum atomic E-state index is 0.477. The molecular weight excluding hydrogens is 290 g/mol. The zero-order valence-corrected chi connectivity index (χ0v) is 12.5. The number of halogens is 1. The van der Waals surface area contributed by atoms with Crippen LogP contribution in [-0.4, -0.2) is 15.6 Å². The maximum atomic E-state index is 4.41. The van der Waals surface area contributed by atoms with E-state index in [1.54, 1.807) is 0 Å². The zero-order chi connectivity index (χ0) is 13.1. The van der Waals surface area contributed by atoms with Crippen LogP contribution in [-0.2, 0) is 6.54 Å². The summed E-state index contributed by atoms with van der Waals surface area (Å²) in [6, 6.07) is 6.77. The number of rotatable bonds is 4. The second-order valence-electron chi connectivity index (χ2n) is 4.74. The monoisotopic (exact) mass is 307 g/mol. The van der Waals surface area contributed by atoms with Crippen LogP contribution in [0.5, 0.6) is 0 Å². The predicted octanol–water partition coefficient (Wildman–Crippen LogP) is 3.44. The summed E-state index contributed by atoms with van der Waals surface area (Å²) in [5.41, 5.74) is 3.42. The Morgan fingerprint density at radius 3 is 2.83 bits per heavy atom. The standard InChI is InChI=1S/C14H18BrN3/c1-10(2)16-7-12-8-18(9-17-12)13-4-5-14(15)11(3)6-13/h4-6,8-10,16H,7H2,1-3H3. The van der Waals surface area contributed by atoms with Crippen molar-refractivity contribution in [2.24, 2.45) is 0 Å². The number of benzene rings is 1. The minimum absolute atomic E-state index is 0.477. The molecule has 0 bridgehead atoms. The number of aryl methyl sites for hydroxylation is 1. The molecule has 96 valence electrons. The highest BCUT2D eigenvalue weighted by molar-refractivity contribution is 9.10. The van der Waals surface area contributed by atoms with Crippen LogP contribution < -0.4 is 5.32 Å². The second kappa shape index (κ2) is 5.67. The van der Waals surface area contributed by atoms with E-state index in [1.165, 1.54) is 5.56 Å². The highest BCUT2D eigenvalue weighted by Crippen LogP contribution is 2.19. The van der Waals surface area contributed by atoms with Gasteiger partial charge in [-0.3, -0.25) is 0 Å². The Labute approximate surface area is 116 Å². The van der Waals surface area contributed by atoms with E-state index < -0.39 is 0 Å². The van der Waals surface area contributed by atoms with Gasteiger partial charge < -0.3 is 9.88 Å². The summed E-state index contributed by atoms with van der Waals surface area (Å²) < 4.78 is 3.18. The average Bonchev–Trinajstić information content (AvgIpc) is 2.79. The number of hydrogen-bond acceptors (Lipinski definition) is 2. The first-order chi connectivity index (χ1) is 8.56. The van der Waals surface area contributed by atoms with Crippen LogP contribution in [0.1, 0.15) is 25.1 Å². The quantitative estimate of drug-likeness (QED) is 0.937. The fourth-order valence-corrected chi connectivity index (χ4v) is 1.94. The van der Waals surface area contributed by atoms with Crippen molar-refractivity contribution in [1.82, 2.24) is 14.9 Å². The van der Waals surface area contributed by atoms with Crippen molar-refractivity contribution in [2.75, 3.05) is 0 Å². The van der Waals surface area contributed by atoms with Crippen molar-refractivity contribution in [3.05, 3.63) is 46.5 Å². The van der Waals surface area contributed by atoms with E-state index >= 15 is 0 Å². The molecule has 1 N–H and O–H groups in total. The van der Waals surface area contributed by atoms with E-state index in [1.807, 2.05) is 6.33 Å². The first kappa shape index (κ1) is 13.3. The summed E-state index contributed by atoms with van der Waals surface area (Å²) in [6.45, 7) is 7.16. The second-order valence-corrected chi connectivity index (χ2v) is 5.60. The Kier molecular flexibility index (Phi) is 4.19. The lowest BCUT2D eigenvalue weighted by Gasteiger charge is -2.06. The fraction of sp³-hybridized carbons (Fsp3) is 0.357. The van der Waals surface area contributed by atoms with Gasteiger partial charge in [0, 0.05) is 28.9 Å². The maximum Gasteiger partial charge on any atom is 0.0995 e. The summed E-state index contributed by atoms with van der Waals surface area (Å²) in [4.78, 5) is 4.41. The van der Waals surface area contributed by atoms with Crippen LogP contribution in [0, 0.1) is 6.92 Å². The summed E-state index contributed by atoms with van der Waals surface area (Å²) in [5, 5.41) is 3.36. The lowest BCUT2D eigenvalue weighted by molar-refractivity contribution is 0.582. The van der Waals surface area contributed by atoms with Gasteiger partial charge in [0.1, 0.15) is 0 Å². The Morgan fingerprint density at radius 2 is 2.17 bits per heavy atom. The first-order valence-electron chi connectivity index (χ1n) is 6.09. The van der Waals surface area contributed by atoms with Gasteiger partial charge in [-0.05, 0) is 30.7 Å². The van der Waals surface area contributed by atoms with Crippen molar-refractivity contribution in [1.29, 1.82) is 0 Å². The van der Waals surface area contributed by atoms with Crippen LogP contribution in [0.4, 0.5) is 0 Å². The molecule has 1 aromatic heterocycles. The molecule has 18 heavy (non-hydrogen) atoms. The third kappa shape index (κ3) is 3.21. The topological polar surface area (TPSA) is 29.9 Å². The SMILES string of the molecule is Cc1cc(-n2cnc(CNC(C)C)c2)ccc1Br. The van der Waals surface area contributed by atoms with Crippen molar-refractivity contribution in [3.63, 3.8) is 0 Å². The summed E-state index contributed by atoms with van der Waals surface area (Å²) in [5.74, 6) is 0. The zero-order valence-electron chi connectivity index (χ0n) is 10.9. The molecule has 0 aliphatic heterocycles. The third-order valence-electron chi connectivity index (χ3n) is 2.77. The largest absolute Gasteiger partial charge is 0.309 e. The molecule has 2 rings (SSSR count). The smallest absolute Gasteiger partial charge is 0.0995 e. The molecule has 0 atom stereocenters. The maximum absolute atomic E-state index is 4.41. The molecule has 0 radical (unpaired) electrons. The van der Waals surface area contributed by atoms with E-state index in [0.29, 0.717) is 6.04 Å². The van der Waals surface area contributed by atoms with E-state index in [4.69, 9.17) is 0 Å². The number of hydrogen-bond donors (Lipinski definition) is 1. The van der Waals surface area contributed by atoms with Crippen molar-refractivity contribution >= 4 is 15.9 Å². The molecule has 2 aromatic rings. The van der Waals surface area contributed by atoms with Gasteiger partial charge in [-0.1, -0.05) is 29.8 Å². The van der Waals surface area contributed by atoms with Gasteiger partial charge in [0.05, 0.1) is 12.0 Å². The third-order valence-corrected chi connectivity index (χ3v) is 3.66. The lowest BCUT2D eigenvalue weighted by atomic mass is 10.2. The van der Waals surface area contributed by atoms with Gasteiger partial charge in [0.2, 0.25) is 0 Å². The molecule has 0 spiro atoms. The fourth-order valence-electron chi connectivity index (χ4n) is 1.69. The van der Waals surface area contributed by atoms with Crippen LogP contribution in [0.25, 0.3) is 5.69 Å².